The fraction of sp³-hybridized carbons (Fsp3) is 0.615. The first-order valence-electron chi connectivity index (χ1n) is 6.50. The Morgan fingerprint density at radius 2 is 2.06 bits per heavy atom. The highest BCUT2D eigenvalue weighted by Gasteiger charge is 2.31. The molecule has 18 heavy (non-hydrogen) atoms. The average molecular weight is 250 g/mol. The first-order chi connectivity index (χ1) is 8.74. The number of hydrogen-bond donors (Lipinski definition) is 1. The number of rotatable bonds is 4. The van der Waals surface area contributed by atoms with Gasteiger partial charge in [-0.3, -0.25) is 9.80 Å². The van der Waals surface area contributed by atoms with E-state index in [1.165, 1.54) is 25.2 Å². The van der Waals surface area contributed by atoms with Crippen LogP contribution in [0.4, 0.5) is 0 Å². The van der Waals surface area contributed by atoms with Gasteiger partial charge in [0.25, 0.3) is 0 Å². The van der Waals surface area contributed by atoms with Crippen molar-refractivity contribution in [3.8, 4) is 0 Å². The zero-order valence-electron chi connectivity index (χ0n) is 10.3. The lowest BCUT2D eigenvalue weighted by molar-refractivity contribution is 0.0689. The summed E-state index contributed by atoms with van der Waals surface area (Å²) in [6, 6.07) is 2.35. The summed E-state index contributed by atoms with van der Waals surface area (Å²) in [5, 5.41) is 9.02. The molecule has 0 atom stereocenters. The molecule has 1 aliphatic carbocycles. The molecule has 2 fully saturated rings. The number of aromatic carboxylic acids is 1. The summed E-state index contributed by atoms with van der Waals surface area (Å²) in [5.41, 5.74) is 0.291. The molecule has 98 valence electrons. The normalized spacial score (nSPS) is 22.2. The topological polar surface area (TPSA) is 56.9 Å². The van der Waals surface area contributed by atoms with E-state index in [1.54, 1.807) is 0 Å². The Hall–Kier alpha value is -1.33. The van der Waals surface area contributed by atoms with Crippen LogP contribution in [0, 0.1) is 0 Å². The molecule has 1 aliphatic heterocycles. The predicted molar refractivity (Wildman–Crippen MR) is 65.5 cm³/mol. The first-order valence-corrected chi connectivity index (χ1v) is 6.50. The maximum Gasteiger partial charge on any atom is 0.339 e. The molecule has 0 amide bonds. The fourth-order valence-corrected chi connectivity index (χ4v) is 2.58. The lowest BCUT2D eigenvalue weighted by Gasteiger charge is -2.34. The molecule has 0 spiro atoms. The van der Waals surface area contributed by atoms with E-state index in [0.717, 1.165) is 32.2 Å². The van der Waals surface area contributed by atoms with Crippen LogP contribution in [0.2, 0.25) is 0 Å². The highest BCUT2D eigenvalue weighted by molar-refractivity contribution is 5.88. The highest BCUT2D eigenvalue weighted by Crippen LogP contribution is 2.27. The van der Waals surface area contributed by atoms with Crippen molar-refractivity contribution in [1.82, 2.24) is 9.80 Å². The molecule has 2 aliphatic rings. The maximum absolute atomic E-state index is 11.0. The van der Waals surface area contributed by atoms with E-state index >= 15 is 0 Å². The van der Waals surface area contributed by atoms with E-state index < -0.39 is 5.97 Å². The van der Waals surface area contributed by atoms with Crippen molar-refractivity contribution in [1.29, 1.82) is 0 Å². The van der Waals surface area contributed by atoms with Crippen molar-refractivity contribution < 1.29 is 14.3 Å². The standard InChI is InChI=1S/C13H18N2O3/c16-13(17)11-3-8-18-12(11)9-14-4-6-15(7-5-14)10-1-2-10/h3,8,10H,1-2,4-7,9H2,(H,16,17). The number of carbonyl (C=O) groups is 1. The van der Waals surface area contributed by atoms with Gasteiger partial charge in [0.15, 0.2) is 0 Å². The van der Waals surface area contributed by atoms with Crippen LogP contribution in [0.15, 0.2) is 16.7 Å². The number of furan rings is 1. The van der Waals surface area contributed by atoms with Gasteiger partial charge in [-0.05, 0) is 18.9 Å². The third-order valence-electron chi connectivity index (χ3n) is 3.81. The molecular weight excluding hydrogens is 232 g/mol. The molecule has 0 radical (unpaired) electrons. The largest absolute Gasteiger partial charge is 0.478 e. The molecule has 1 saturated carbocycles. The van der Waals surface area contributed by atoms with Gasteiger partial charge >= 0.3 is 5.97 Å². The van der Waals surface area contributed by atoms with Gasteiger partial charge in [0.1, 0.15) is 11.3 Å². The Labute approximate surface area is 106 Å². The second-order valence-corrected chi connectivity index (χ2v) is 5.11. The molecule has 1 aromatic heterocycles. The van der Waals surface area contributed by atoms with Gasteiger partial charge in [0.2, 0.25) is 0 Å². The summed E-state index contributed by atoms with van der Waals surface area (Å²) in [6.45, 7) is 4.78. The Balaban J connectivity index is 1.56. The maximum atomic E-state index is 11.0. The zero-order chi connectivity index (χ0) is 12.5. The number of carboxylic acids is 1. The van der Waals surface area contributed by atoms with Gasteiger partial charge in [0, 0.05) is 32.2 Å². The fourth-order valence-electron chi connectivity index (χ4n) is 2.58. The number of piperazine rings is 1. The van der Waals surface area contributed by atoms with E-state index in [9.17, 15) is 4.79 Å². The van der Waals surface area contributed by atoms with Crippen molar-refractivity contribution in [2.24, 2.45) is 0 Å². The quantitative estimate of drug-likeness (QED) is 0.871. The van der Waals surface area contributed by atoms with Crippen LogP contribution >= 0.6 is 0 Å². The van der Waals surface area contributed by atoms with Crippen LogP contribution < -0.4 is 0 Å². The monoisotopic (exact) mass is 250 g/mol. The van der Waals surface area contributed by atoms with Crippen molar-refractivity contribution in [3.05, 3.63) is 23.7 Å². The Kier molecular flexibility index (Phi) is 3.09. The Morgan fingerprint density at radius 1 is 1.33 bits per heavy atom. The lowest BCUT2D eigenvalue weighted by atomic mass is 10.2. The van der Waals surface area contributed by atoms with Crippen molar-refractivity contribution in [2.75, 3.05) is 26.2 Å². The van der Waals surface area contributed by atoms with E-state index in [1.807, 2.05) is 0 Å². The molecule has 5 nitrogen and oxygen atoms in total. The van der Waals surface area contributed by atoms with Gasteiger partial charge in [-0.25, -0.2) is 4.79 Å². The second-order valence-electron chi connectivity index (χ2n) is 5.11. The van der Waals surface area contributed by atoms with Crippen LogP contribution in [0.25, 0.3) is 0 Å². The van der Waals surface area contributed by atoms with Crippen LogP contribution in [-0.2, 0) is 6.54 Å². The molecule has 0 unspecified atom stereocenters. The second kappa shape index (κ2) is 4.74. The molecule has 3 rings (SSSR count). The molecule has 0 aromatic carbocycles. The van der Waals surface area contributed by atoms with Gasteiger partial charge in [-0.1, -0.05) is 0 Å². The van der Waals surface area contributed by atoms with Crippen molar-refractivity contribution in [3.63, 3.8) is 0 Å². The van der Waals surface area contributed by atoms with E-state index in [-0.39, 0.29) is 0 Å². The molecule has 1 saturated heterocycles. The smallest absolute Gasteiger partial charge is 0.339 e. The summed E-state index contributed by atoms with van der Waals surface area (Å²) in [7, 11) is 0. The summed E-state index contributed by atoms with van der Waals surface area (Å²) in [6.07, 6.45) is 4.15. The summed E-state index contributed by atoms with van der Waals surface area (Å²) >= 11 is 0. The molecule has 1 N–H and O–H groups in total. The highest BCUT2D eigenvalue weighted by atomic mass is 16.4. The van der Waals surface area contributed by atoms with Crippen LogP contribution in [-0.4, -0.2) is 53.1 Å². The van der Waals surface area contributed by atoms with Crippen molar-refractivity contribution >= 4 is 5.97 Å². The van der Waals surface area contributed by atoms with E-state index in [0.29, 0.717) is 17.9 Å². The SMILES string of the molecule is O=C(O)c1ccoc1CN1CCN(C2CC2)CC1. The van der Waals surface area contributed by atoms with Gasteiger partial charge in [-0.2, -0.15) is 0 Å². The van der Waals surface area contributed by atoms with E-state index in [4.69, 9.17) is 9.52 Å². The van der Waals surface area contributed by atoms with Crippen LogP contribution in [0.3, 0.4) is 0 Å². The minimum absolute atomic E-state index is 0.291. The Morgan fingerprint density at radius 3 is 2.67 bits per heavy atom. The number of hydrogen-bond acceptors (Lipinski definition) is 4. The predicted octanol–water partition coefficient (Wildman–Crippen LogP) is 1.26. The van der Waals surface area contributed by atoms with Gasteiger partial charge in [-0.15, -0.1) is 0 Å². The van der Waals surface area contributed by atoms with Crippen molar-refractivity contribution in [2.45, 2.75) is 25.4 Å². The first kappa shape index (κ1) is 11.7. The van der Waals surface area contributed by atoms with Gasteiger partial charge in [0.05, 0.1) is 12.8 Å². The molecule has 1 aromatic rings. The third kappa shape index (κ3) is 2.42. The average Bonchev–Trinajstić information content (AvgIpc) is 3.10. The lowest BCUT2D eigenvalue weighted by Crippen LogP contribution is -2.46. The van der Waals surface area contributed by atoms with Crippen LogP contribution in [0.5, 0.6) is 0 Å². The zero-order valence-corrected chi connectivity index (χ0v) is 10.3. The summed E-state index contributed by atoms with van der Waals surface area (Å²) in [5.74, 6) is -0.335. The molecule has 5 heteroatoms. The summed E-state index contributed by atoms with van der Waals surface area (Å²) < 4.78 is 5.28. The minimum atomic E-state index is -0.907. The Bertz CT molecular complexity index is 431. The third-order valence-corrected chi connectivity index (χ3v) is 3.81. The number of nitrogens with zero attached hydrogens (tertiary/aromatic N) is 2. The van der Waals surface area contributed by atoms with E-state index in [2.05, 4.69) is 9.80 Å². The molecule has 0 bridgehead atoms. The molecular formula is C13H18N2O3. The molecule has 2 heterocycles. The number of carboxylic acid groups (broad SMARTS) is 1. The summed E-state index contributed by atoms with van der Waals surface area (Å²) in [4.78, 5) is 15.8. The van der Waals surface area contributed by atoms with Gasteiger partial charge < -0.3 is 9.52 Å². The minimum Gasteiger partial charge on any atom is -0.478 e. The van der Waals surface area contributed by atoms with Crippen LogP contribution in [0.1, 0.15) is 29.0 Å².